The Hall–Kier alpha value is -2.15. The number of likely N-dealkylation sites (tertiary alicyclic amines) is 1. The van der Waals surface area contributed by atoms with Crippen molar-refractivity contribution in [2.45, 2.75) is 63.1 Å². The van der Waals surface area contributed by atoms with E-state index in [4.69, 9.17) is 9.47 Å². The molecule has 1 saturated carbocycles. The number of ether oxygens (including phenoxy) is 2. The fraction of sp³-hybridized carbons (Fsp3) is 0.667. The van der Waals surface area contributed by atoms with Crippen molar-refractivity contribution in [1.82, 2.24) is 14.8 Å². The summed E-state index contributed by atoms with van der Waals surface area (Å²) in [5.74, 6) is 0.686. The maximum Gasteiger partial charge on any atom is 0.255 e. The maximum atomic E-state index is 12.8. The monoisotopic (exact) mass is 387 g/mol. The molecule has 0 aromatic carbocycles. The van der Waals surface area contributed by atoms with Crippen LogP contribution in [0.25, 0.3) is 0 Å². The third kappa shape index (κ3) is 3.85. The Labute approximate surface area is 166 Å². The highest BCUT2D eigenvalue weighted by Crippen LogP contribution is 2.40. The molecular weight excluding hydrogens is 358 g/mol. The van der Waals surface area contributed by atoms with E-state index in [2.05, 4.69) is 9.88 Å². The minimum Gasteiger partial charge on any atom is -0.481 e. The average molecular weight is 387 g/mol. The van der Waals surface area contributed by atoms with Crippen LogP contribution >= 0.6 is 0 Å². The Morgan fingerprint density at radius 1 is 1.21 bits per heavy atom. The van der Waals surface area contributed by atoms with Crippen LogP contribution in [0.15, 0.2) is 18.3 Å². The third-order valence-corrected chi connectivity index (χ3v) is 6.32. The minimum atomic E-state index is -0.208. The van der Waals surface area contributed by atoms with Gasteiger partial charge in [0, 0.05) is 51.0 Å². The van der Waals surface area contributed by atoms with Gasteiger partial charge in [-0.15, -0.1) is 0 Å². The van der Waals surface area contributed by atoms with Crippen molar-refractivity contribution in [3.8, 4) is 5.88 Å². The van der Waals surface area contributed by atoms with E-state index in [1.807, 2.05) is 4.90 Å². The zero-order chi connectivity index (χ0) is 19.7. The SMILES string of the molecule is COc1ccc(C(=O)N2CCC3(CC2)CC(N(C(C)=O)C2CC2)CCO3)cn1. The van der Waals surface area contributed by atoms with Crippen LogP contribution < -0.4 is 4.74 Å². The number of hydrogen-bond acceptors (Lipinski definition) is 5. The van der Waals surface area contributed by atoms with Gasteiger partial charge in [-0.05, 0) is 44.6 Å². The van der Waals surface area contributed by atoms with E-state index in [9.17, 15) is 9.59 Å². The van der Waals surface area contributed by atoms with Crippen molar-refractivity contribution in [3.63, 3.8) is 0 Å². The van der Waals surface area contributed by atoms with Gasteiger partial charge in [0.15, 0.2) is 0 Å². The number of pyridine rings is 1. The Balaban J connectivity index is 1.38. The summed E-state index contributed by atoms with van der Waals surface area (Å²) in [5.41, 5.74) is 0.371. The van der Waals surface area contributed by atoms with Crippen molar-refractivity contribution >= 4 is 11.8 Å². The number of amides is 2. The second-order valence-corrected chi connectivity index (χ2v) is 8.22. The molecule has 152 valence electrons. The molecule has 3 aliphatic rings. The standard InChI is InChI=1S/C21H29N3O4/c1-15(25)24(17-4-5-17)18-7-12-28-21(13-18)8-10-23(11-9-21)20(26)16-3-6-19(27-2)22-14-16/h3,6,14,17-18H,4-5,7-13H2,1-2H3. The number of hydrogen-bond donors (Lipinski definition) is 0. The lowest BCUT2D eigenvalue weighted by Crippen LogP contribution is -2.55. The molecule has 7 heteroatoms. The molecule has 0 N–H and O–H groups in total. The molecule has 3 fully saturated rings. The van der Waals surface area contributed by atoms with Crippen LogP contribution in [-0.4, -0.2) is 71.1 Å². The molecule has 7 nitrogen and oxygen atoms in total. The summed E-state index contributed by atoms with van der Waals surface area (Å²) >= 11 is 0. The number of rotatable bonds is 4. The summed E-state index contributed by atoms with van der Waals surface area (Å²) in [4.78, 5) is 33.1. The van der Waals surface area contributed by atoms with Crippen molar-refractivity contribution in [2.75, 3.05) is 26.8 Å². The minimum absolute atomic E-state index is 0.000653. The van der Waals surface area contributed by atoms with Crippen molar-refractivity contribution in [3.05, 3.63) is 23.9 Å². The first-order valence-electron chi connectivity index (χ1n) is 10.2. The second-order valence-electron chi connectivity index (χ2n) is 8.22. The normalized spacial score (nSPS) is 24.1. The summed E-state index contributed by atoms with van der Waals surface area (Å²) in [5, 5.41) is 0. The van der Waals surface area contributed by atoms with Crippen LogP contribution in [0.5, 0.6) is 5.88 Å². The maximum absolute atomic E-state index is 12.8. The highest BCUT2D eigenvalue weighted by Gasteiger charge is 2.45. The van der Waals surface area contributed by atoms with Gasteiger partial charge in [-0.1, -0.05) is 0 Å². The summed E-state index contributed by atoms with van der Waals surface area (Å²) in [6.07, 6.45) is 7.25. The van der Waals surface area contributed by atoms with Gasteiger partial charge in [-0.2, -0.15) is 0 Å². The van der Waals surface area contributed by atoms with Gasteiger partial charge in [0.05, 0.1) is 18.3 Å². The van der Waals surface area contributed by atoms with E-state index < -0.39 is 0 Å². The van der Waals surface area contributed by atoms with Gasteiger partial charge >= 0.3 is 0 Å². The van der Waals surface area contributed by atoms with Crippen LogP contribution in [-0.2, 0) is 9.53 Å². The molecule has 0 bridgehead atoms. The number of piperidine rings is 1. The summed E-state index contributed by atoms with van der Waals surface area (Å²) < 4.78 is 11.3. The predicted octanol–water partition coefficient (Wildman–Crippen LogP) is 2.25. The van der Waals surface area contributed by atoms with Crippen LogP contribution in [0, 0.1) is 0 Å². The van der Waals surface area contributed by atoms with Crippen LogP contribution in [0.4, 0.5) is 0 Å². The third-order valence-electron chi connectivity index (χ3n) is 6.32. The van der Waals surface area contributed by atoms with E-state index >= 15 is 0 Å². The molecule has 28 heavy (non-hydrogen) atoms. The topological polar surface area (TPSA) is 72.0 Å². The molecule has 3 heterocycles. The number of carbonyl (C=O) groups is 2. The lowest BCUT2D eigenvalue weighted by molar-refractivity contribution is -0.148. The van der Waals surface area contributed by atoms with Crippen molar-refractivity contribution in [2.24, 2.45) is 0 Å². The Morgan fingerprint density at radius 3 is 2.54 bits per heavy atom. The van der Waals surface area contributed by atoms with E-state index in [0.717, 1.165) is 38.5 Å². The van der Waals surface area contributed by atoms with Crippen molar-refractivity contribution < 1.29 is 19.1 Å². The molecule has 1 unspecified atom stereocenters. The lowest BCUT2D eigenvalue weighted by Gasteiger charge is -2.48. The lowest BCUT2D eigenvalue weighted by atomic mass is 9.81. The van der Waals surface area contributed by atoms with E-state index in [1.54, 1.807) is 32.4 Å². The van der Waals surface area contributed by atoms with Gasteiger partial charge in [0.25, 0.3) is 5.91 Å². The van der Waals surface area contributed by atoms with Gasteiger partial charge in [-0.25, -0.2) is 4.98 Å². The molecule has 1 aromatic heterocycles. The predicted molar refractivity (Wildman–Crippen MR) is 103 cm³/mol. The number of aromatic nitrogens is 1. The number of methoxy groups -OCH3 is 1. The quantitative estimate of drug-likeness (QED) is 0.792. The largest absolute Gasteiger partial charge is 0.481 e. The van der Waals surface area contributed by atoms with E-state index in [1.165, 1.54) is 0 Å². The Bertz CT molecular complexity index is 724. The second kappa shape index (κ2) is 7.70. The Kier molecular flexibility index (Phi) is 5.27. The zero-order valence-corrected chi connectivity index (χ0v) is 16.7. The first kappa shape index (κ1) is 19.2. The zero-order valence-electron chi connectivity index (χ0n) is 16.7. The van der Waals surface area contributed by atoms with Gasteiger partial charge < -0.3 is 19.3 Å². The molecule has 4 rings (SSSR count). The summed E-state index contributed by atoms with van der Waals surface area (Å²) in [6.45, 7) is 3.71. The van der Waals surface area contributed by atoms with Crippen molar-refractivity contribution in [1.29, 1.82) is 0 Å². The molecule has 0 radical (unpaired) electrons. The molecule has 1 aliphatic carbocycles. The summed E-state index contributed by atoms with van der Waals surface area (Å²) in [7, 11) is 1.56. The molecule has 1 atom stereocenters. The van der Waals surface area contributed by atoms with Gasteiger partial charge in [0.1, 0.15) is 0 Å². The number of nitrogens with zero attached hydrogens (tertiary/aromatic N) is 3. The molecule has 2 saturated heterocycles. The van der Waals surface area contributed by atoms with Crippen LogP contribution in [0.1, 0.15) is 55.8 Å². The molecular formula is C21H29N3O4. The fourth-order valence-electron chi connectivity index (χ4n) is 4.68. The molecule has 1 aromatic rings. The van der Waals surface area contributed by atoms with Crippen LogP contribution in [0.2, 0.25) is 0 Å². The van der Waals surface area contributed by atoms with Gasteiger partial charge in [0.2, 0.25) is 11.8 Å². The average Bonchev–Trinajstić information content (AvgIpc) is 3.53. The highest BCUT2D eigenvalue weighted by molar-refractivity contribution is 5.94. The molecule has 2 amide bonds. The molecule has 2 aliphatic heterocycles. The van der Waals surface area contributed by atoms with E-state index in [-0.39, 0.29) is 23.5 Å². The molecule has 1 spiro atoms. The first-order chi connectivity index (χ1) is 13.5. The van der Waals surface area contributed by atoms with Gasteiger partial charge in [-0.3, -0.25) is 9.59 Å². The first-order valence-corrected chi connectivity index (χ1v) is 10.2. The van der Waals surface area contributed by atoms with Crippen LogP contribution in [0.3, 0.4) is 0 Å². The van der Waals surface area contributed by atoms with E-state index in [0.29, 0.717) is 37.2 Å². The Morgan fingerprint density at radius 2 is 1.96 bits per heavy atom. The summed E-state index contributed by atoms with van der Waals surface area (Å²) in [6, 6.07) is 4.17. The highest BCUT2D eigenvalue weighted by atomic mass is 16.5. The fourth-order valence-corrected chi connectivity index (χ4v) is 4.68. The number of carbonyl (C=O) groups excluding carboxylic acids is 2. The smallest absolute Gasteiger partial charge is 0.255 e.